The lowest BCUT2D eigenvalue weighted by molar-refractivity contribution is 0.281. The van der Waals surface area contributed by atoms with E-state index in [1.54, 1.807) is 13.2 Å². The zero-order valence-electron chi connectivity index (χ0n) is 9.53. The van der Waals surface area contributed by atoms with Gasteiger partial charge in [-0.15, -0.1) is 11.3 Å². The number of methoxy groups -OCH3 is 1. The molecule has 0 aliphatic carbocycles. The Kier molecular flexibility index (Phi) is 3.66. The topological polar surface area (TPSA) is 42.4 Å². The highest BCUT2D eigenvalue weighted by molar-refractivity contribution is 7.15. The summed E-state index contributed by atoms with van der Waals surface area (Å²) < 4.78 is 5.31. The van der Waals surface area contributed by atoms with E-state index < -0.39 is 0 Å². The van der Waals surface area contributed by atoms with Crippen LogP contribution >= 0.6 is 22.9 Å². The minimum absolute atomic E-state index is 0.0472. The molecule has 0 radical (unpaired) electrons. The van der Waals surface area contributed by atoms with E-state index in [0.29, 0.717) is 10.0 Å². The fourth-order valence-corrected chi connectivity index (χ4v) is 2.75. The molecule has 0 spiro atoms. The van der Waals surface area contributed by atoms with E-state index in [2.05, 4.69) is 4.98 Å². The highest BCUT2D eigenvalue weighted by Gasteiger charge is 2.14. The number of halogens is 1. The lowest BCUT2D eigenvalue weighted by atomic mass is 10.1. The molecule has 0 aliphatic heterocycles. The number of rotatable bonds is 3. The first-order valence-corrected chi connectivity index (χ1v) is 6.26. The summed E-state index contributed by atoms with van der Waals surface area (Å²) in [7, 11) is 1.62. The van der Waals surface area contributed by atoms with Crippen LogP contribution in [0.4, 0.5) is 0 Å². The van der Waals surface area contributed by atoms with Crippen molar-refractivity contribution in [3.63, 3.8) is 0 Å². The molecule has 1 heterocycles. The van der Waals surface area contributed by atoms with Crippen LogP contribution in [0.3, 0.4) is 0 Å². The molecule has 17 heavy (non-hydrogen) atoms. The summed E-state index contributed by atoms with van der Waals surface area (Å²) in [6, 6.07) is 5.46. The zero-order chi connectivity index (χ0) is 12.4. The molecule has 2 rings (SSSR count). The number of hydrogen-bond acceptors (Lipinski definition) is 4. The van der Waals surface area contributed by atoms with E-state index in [-0.39, 0.29) is 6.61 Å². The Morgan fingerprint density at radius 1 is 1.47 bits per heavy atom. The second kappa shape index (κ2) is 5.04. The minimum Gasteiger partial charge on any atom is -0.496 e. The predicted octanol–water partition coefficient (Wildman–Crippen LogP) is 3.27. The van der Waals surface area contributed by atoms with E-state index >= 15 is 0 Å². The number of aromatic nitrogens is 1. The van der Waals surface area contributed by atoms with Crippen LogP contribution in [0.1, 0.15) is 10.7 Å². The van der Waals surface area contributed by atoms with Crippen LogP contribution in [0.15, 0.2) is 18.2 Å². The number of hydrogen-bond donors (Lipinski definition) is 1. The van der Waals surface area contributed by atoms with Gasteiger partial charge in [0.2, 0.25) is 0 Å². The van der Waals surface area contributed by atoms with Crippen molar-refractivity contribution in [2.45, 2.75) is 13.5 Å². The van der Waals surface area contributed by atoms with Crippen molar-refractivity contribution in [2.24, 2.45) is 0 Å². The number of aliphatic hydroxyl groups is 1. The van der Waals surface area contributed by atoms with Gasteiger partial charge in [0.1, 0.15) is 10.8 Å². The van der Waals surface area contributed by atoms with Crippen molar-refractivity contribution in [3.05, 3.63) is 33.9 Å². The third kappa shape index (κ3) is 2.44. The molecular weight excluding hydrogens is 258 g/mol. The molecule has 0 aliphatic rings. The minimum atomic E-state index is -0.0472. The Bertz CT molecular complexity index is 539. The van der Waals surface area contributed by atoms with Crippen LogP contribution in [-0.2, 0) is 6.61 Å². The molecule has 2 aromatic rings. The fourth-order valence-electron chi connectivity index (χ4n) is 1.63. The average Bonchev–Trinajstić information content (AvgIpc) is 2.70. The Morgan fingerprint density at radius 3 is 2.82 bits per heavy atom. The zero-order valence-corrected chi connectivity index (χ0v) is 11.1. The number of nitrogens with zero attached hydrogens (tertiary/aromatic N) is 1. The molecule has 0 saturated heterocycles. The Morgan fingerprint density at radius 2 is 2.24 bits per heavy atom. The highest BCUT2D eigenvalue weighted by atomic mass is 35.5. The molecule has 90 valence electrons. The maximum absolute atomic E-state index is 9.09. The molecule has 5 heteroatoms. The van der Waals surface area contributed by atoms with E-state index in [0.717, 1.165) is 21.9 Å². The maximum atomic E-state index is 9.09. The van der Waals surface area contributed by atoms with Crippen LogP contribution in [0, 0.1) is 6.92 Å². The molecule has 0 saturated carbocycles. The summed E-state index contributed by atoms with van der Waals surface area (Å²) in [6.07, 6.45) is 0. The van der Waals surface area contributed by atoms with Gasteiger partial charge in [-0.1, -0.05) is 11.6 Å². The summed E-state index contributed by atoms with van der Waals surface area (Å²) in [5, 5.41) is 10.4. The highest BCUT2D eigenvalue weighted by Crippen LogP contribution is 2.37. The summed E-state index contributed by atoms with van der Waals surface area (Å²) in [6.45, 7) is 1.86. The van der Waals surface area contributed by atoms with E-state index in [1.165, 1.54) is 11.3 Å². The second-order valence-electron chi connectivity index (χ2n) is 3.52. The standard InChI is InChI=1S/C12H12ClNO2S/c1-7-12(17-11(6-15)14-7)9-5-8(13)3-4-10(9)16-2/h3-5,15H,6H2,1-2H3. The van der Waals surface area contributed by atoms with Crippen LogP contribution in [0.5, 0.6) is 5.75 Å². The largest absolute Gasteiger partial charge is 0.496 e. The second-order valence-corrected chi connectivity index (χ2v) is 5.04. The van der Waals surface area contributed by atoms with Gasteiger partial charge in [-0.3, -0.25) is 0 Å². The number of benzene rings is 1. The summed E-state index contributed by atoms with van der Waals surface area (Å²) >= 11 is 7.45. The molecule has 3 nitrogen and oxygen atoms in total. The third-order valence-corrected chi connectivity index (χ3v) is 3.79. The van der Waals surface area contributed by atoms with Crippen molar-refractivity contribution in [3.8, 4) is 16.2 Å². The summed E-state index contributed by atoms with van der Waals surface area (Å²) in [5.41, 5.74) is 1.79. The van der Waals surface area contributed by atoms with Gasteiger partial charge in [0.05, 0.1) is 24.3 Å². The van der Waals surface area contributed by atoms with E-state index in [1.807, 2.05) is 19.1 Å². The molecule has 0 fully saturated rings. The van der Waals surface area contributed by atoms with Crippen molar-refractivity contribution in [2.75, 3.05) is 7.11 Å². The number of aryl methyl sites for hydroxylation is 1. The first kappa shape index (κ1) is 12.4. The Labute approximate surface area is 109 Å². The van der Waals surface area contributed by atoms with E-state index in [9.17, 15) is 0 Å². The number of ether oxygens (including phenoxy) is 1. The van der Waals surface area contributed by atoms with Crippen LogP contribution < -0.4 is 4.74 Å². The lowest BCUT2D eigenvalue weighted by Crippen LogP contribution is -1.87. The van der Waals surface area contributed by atoms with Gasteiger partial charge in [-0.05, 0) is 25.1 Å². The first-order valence-electron chi connectivity index (χ1n) is 5.06. The molecule has 0 unspecified atom stereocenters. The van der Waals surface area contributed by atoms with Gasteiger partial charge in [-0.25, -0.2) is 4.98 Å². The van der Waals surface area contributed by atoms with Crippen molar-refractivity contribution in [1.82, 2.24) is 4.98 Å². The molecule has 0 atom stereocenters. The Balaban J connectivity index is 2.58. The molecular formula is C12H12ClNO2S. The molecule has 1 aromatic heterocycles. The van der Waals surface area contributed by atoms with Gasteiger partial charge >= 0.3 is 0 Å². The molecule has 0 bridgehead atoms. The Hall–Kier alpha value is -1.10. The van der Waals surface area contributed by atoms with Crippen LogP contribution in [0.25, 0.3) is 10.4 Å². The van der Waals surface area contributed by atoms with Crippen LogP contribution in [-0.4, -0.2) is 17.2 Å². The van der Waals surface area contributed by atoms with Crippen molar-refractivity contribution in [1.29, 1.82) is 0 Å². The summed E-state index contributed by atoms with van der Waals surface area (Å²) in [4.78, 5) is 5.26. The normalized spacial score (nSPS) is 10.6. The van der Waals surface area contributed by atoms with Gasteiger partial charge in [0, 0.05) is 10.6 Å². The lowest BCUT2D eigenvalue weighted by Gasteiger charge is -2.07. The fraction of sp³-hybridized carbons (Fsp3) is 0.250. The number of aliphatic hydroxyl groups excluding tert-OH is 1. The molecule has 1 N–H and O–H groups in total. The average molecular weight is 270 g/mol. The molecule has 0 amide bonds. The first-order chi connectivity index (χ1) is 8.15. The molecule has 1 aromatic carbocycles. The van der Waals surface area contributed by atoms with Crippen molar-refractivity contribution < 1.29 is 9.84 Å². The number of thiazole rings is 1. The summed E-state index contributed by atoms with van der Waals surface area (Å²) in [5.74, 6) is 0.755. The third-order valence-electron chi connectivity index (χ3n) is 2.38. The maximum Gasteiger partial charge on any atom is 0.127 e. The predicted molar refractivity (Wildman–Crippen MR) is 69.8 cm³/mol. The van der Waals surface area contributed by atoms with E-state index in [4.69, 9.17) is 21.4 Å². The quantitative estimate of drug-likeness (QED) is 0.930. The van der Waals surface area contributed by atoms with Gasteiger partial charge in [0.25, 0.3) is 0 Å². The monoisotopic (exact) mass is 269 g/mol. The van der Waals surface area contributed by atoms with Crippen LogP contribution in [0.2, 0.25) is 5.02 Å². The van der Waals surface area contributed by atoms with Gasteiger partial charge in [-0.2, -0.15) is 0 Å². The van der Waals surface area contributed by atoms with Gasteiger partial charge in [0.15, 0.2) is 0 Å². The smallest absolute Gasteiger partial charge is 0.127 e. The van der Waals surface area contributed by atoms with Gasteiger partial charge < -0.3 is 9.84 Å². The SMILES string of the molecule is COc1ccc(Cl)cc1-c1sc(CO)nc1C. The van der Waals surface area contributed by atoms with Crippen molar-refractivity contribution >= 4 is 22.9 Å².